The second-order valence-corrected chi connectivity index (χ2v) is 8.36. The minimum absolute atomic E-state index is 0.113. The Kier molecular flexibility index (Phi) is 5.26. The van der Waals surface area contributed by atoms with E-state index in [0.29, 0.717) is 11.6 Å². The van der Waals surface area contributed by atoms with Crippen molar-refractivity contribution in [1.82, 2.24) is 9.97 Å². The highest BCUT2D eigenvalue weighted by atomic mass is 32.2. The first-order chi connectivity index (χ1) is 10.4. The van der Waals surface area contributed by atoms with Gasteiger partial charge < -0.3 is 9.47 Å². The molecule has 1 aliphatic carbocycles. The molecule has 0 N–H and O–H groups in total. The van der Waals surface area contributed by atoms with Gasteiger partial charge in [-0.15, -0.1) is 0 Å². The smallest absolute Gasteiger partial charge is 0.319 e. The molecule has 1 heterocycles. The minimum Gasteiger partial charge on any atom is -0.481 e. The van der Waals surface area contributed by atoms with Crippen molar-refractivity contribution in [1.29, 1.82) is 0 Å². The Hall–Kier alpha value is -1.37. The van der Waals surface area contributed by atoms with E-state index in [2.05, 4.69) is 16.9 Å². The fourth-order valence-corrected chi connectivity index (χ4v) is 5.13. The van der Waals surface area contributed by atoms with Gasteiger partial charge in [0.05, 0.1) is 31.4 Å². The SMILES string of the molecule is COc1cc(CS(=O)(=O)CC2(C)CCCCC2)nc(OC)n1. The highest BCUT2D eigenvalue weighted by molar-refractivity contribution is 7.90. The fraction of sp³-hybridized carbons (Fsp3) is 0.733. The molecule has 0 unspecified atom stereocenters. The molecule has 0 aliphatic heterocycles. The molecule has 0 bridgehead atoms. The lowest BCUT2D eigenvalue weighted by molar-refractivity contribution is 0.247. The summed E-state index contributed by atoms with van der Waals surface area (Å²) in [7, 11) is -0.328. The Morgan fingerprint density at radius 1 is 1.14 bits per heavy atom. The number of nitrogens with zero attached hydrogens (tertiary/aromatic N) is 2. The van der Waals surface area contributed by atoms with E-state index in [4.69, 9.17) is 9.47 Å². The molecule has 0 saturated heterocycles. The Balaban J connectivity index is 2.14. The first-order valence-electron chi connectivity index (χ1n) is 7.52. The Morgan fingerprint density at radius 2 is 1.82 bits per heavy atom. The molecule has 1 aliphatic rings. The summed E-state index contributed by atoms with van der Waals surface area (Å²) in [6.45, 7) is 2.07. The summed E-state index contributed by atoms with van der Waals surface area (Å²) < 4.78 is 35.1. The third kappa shape index (κ3) is 4.56. The Bertz CT molecular complexity index is 588. The van der Waals surface area contributed by atoms with Crippen LogP contribution in [0.25, 0.3) is 0 Å². The number of hydrogen-bond acceptors (Lipinski definition) is 6. The third-order valence-corrected chi connectivity index (χ3v) is 6.00. The second kappa shape index (κ2) is 6.81. The van der Waals surface area contributed by atoms with E-state index in [1.165, 1.54) is 20.6 Å². The van der Waals surface area contributed by atoms with Gasteiger partial charge in [0.2, 0.25) is 5.88 Å². The average Bonchev–Trinajstić information content (AvgIpc) is 2.45. The molecule has 0 amide bonds. The molecule has 1 saturated carbocycles. The average molecular weight is 328 g/mol. The van der Waals surface area contributed by atoms with Crippen LogP contribution in [0.1, 0.15) is 44.7 Å². The van der Waals surface area contributed by atoms with Gasteiger partial charge in [0.1, 0.15) is 0 Å². The second-order valence-electron chi connectivity index (χ2n) is 6.29. The molecule has 2 rings (SSSR count). The van der Waals surface area contributed by atoms with E-state index in [-0.39, 0.29) is 22.9 Å². The topological polar surface area (TPSA) is 78.4 Å². The lowest BCUT2D eigenvalue weighted by Gasteiger charge is -2.33. The molecule has 22 heavy (non-hydrogen) atoms. The molecular formula is C15H24N2O4S. The van der Waals surface area contributed by atoms with Crippen LogP contribution in [0.4, 0.5) is 0 Å². The van der Waals surface area contributed by atoms with Crippen molar-refractivity contribution in [2.75, 3.05) is 20.0 Å². The van der Waals surface area contributed by atoms with Crippen molar-refractivity contribution in [3.8, 4) is 11.9 Å². The zero-order valence-electron chi connectivity index (χ0n) is 13.5. The first kappa shape index (κ1) is 17.0. The zero-order valence-corrected chi connectivity index (χ0v) is 14.3. The van der Waals surface area contributed by atoms with Crippen LogP contribution in [-0.4, -0.2) is 38.4 Å². The van der Waals surface area contributed by atoms with E-state index in [9.17, 15) is 8.42 Å². The standard InChI is InChI=1S/C15H24N2O4S/c1-15(7-5-4-6-8-15)11-22(18,19)10-12-9-13(20-2)17-14(16-12)21-3/h9H,4-8,10-11H2,1-3H3. The largest absolute Gasteiger partial charge is 0.481 e. The van der Waals surface area contributed by atoms with Crippen LogP contribution in [-0.2, 0) is 15.6 Å². The highest BCUT2D eigenvalue weighted by Gasteiger charge is 2.32. The van der Waals surface area contributed by atoms with Gasteiger partial charge in [-0.3, -0.25) is 0 Å². The van der Waals surface area contributed by atoms with Crippen molar-refractivity contribution < 1.29 is 17.9 Å². The van der Waals surface area contributed by atoms with Gasteiger partial charge in [-0.2, -0.15) is 9.97 Å². The normalized spacial score (nSPS) is 18.0. The molecule has 7 heteroatoms. The molecule has 0 aromatic carbocycles. The quantitative estimate of drug-likeness (QED) is 0.798. The van der Waals surface area contributed by atoms with Crippen molar-refractivity contribution in [3.05, 3.63) is 11.8 Å². The summed E-state index contributed by atoms with van der Waals surface area (Å²) in [6.07, 6.45) is 5.38. The van der Waals surface area contributed by atoms with E-state index in [0.717, 1.165) is 25.7 Å². The van der Waals surface area contributed by atoms with Crippen molar-refractivity contribution >= 4 is 9.84 Å². The van der Waals surface area contributed by atoms with E-state index >= 15 is 0 Å². The van der Waals surface area contributed by atoms with Crippen molar-refractivity contribution in [2.24, 2.45) is 5.41 Å². The minimum atomic E-state index is -3.24. The number of aromatic nitrogens is 2. The van der Waals surface area contributed by atoms with Gasteiger partial charge >= 0.3 is 6.01 Å². The molecule has 1 fully saturated rings. The number of ether oxygens (including phenoxy) is 2. The maximum atomic E-state index is 12.5. The highest BCUT2D eigenvalue weighted by Crippen LogP contribution is 2.37. The maximum absolute atomic E-state index is 12.5. The number of sulfone groups is 1. The number of rotatable bonds is 6. The monoisotopic (exact) mass is 328 g/mol. The lowest BCUT2D eigenvalue weighted by Crippen LogP contribution is -2.30. The molecule has 0 radical (unpaired) electrons. The van der Waals surface area contributed by atoms with Gasteiger partial charge in [-0.05, 0) is 18.3 Å². The molecule has 124 valence electrons. The molecule has 6 nitrogen and oxygen atoms in total. The van der Waals surface area contributed by atoms with Crippen molar-refractivity contribution in [2.45, 2.75) is 44.8 Å². The van der Waals surface area contributed by atoms with E-state index < -0.39 is 9.84 Å². The summed E-state index contributed by atoms with van der Waals surface area (Å²) in [6, 6.07) is 1.66. The lowest BCUT2D eigenvalue weighted by atomic mass is 9.77. The predicted octanol–water partition coefficient (Wildman–Crippen LogP) is 2.38. The summed E-state index contributed by atoms with van der Waals surface area (Å²) in [4.78, 5) is 8.09. The van der Waals surface area contributed by atoms with E-state index in [1.54, 1.807) is 6.07 Å². The van der Waals surface area contributed by atoms with Crippen LogP contribution in [0.2, 0.25) is 0 Å². The molecule has 1 aromatic rings. The van der Waals surface area contributed by atoms with Crippen LogP contribution >= 0.6 is 0 Å². The predicted molar refractivity (Wildman–Crippen MR) is 83.8 cm³/mol. The van der Waals surface area contributed by atoms with E-state index in [1.807, 2.05) is 0 Å². The van der Waals surface area contributed by atoms with Gasteiger partial charge in [0.25, 0.3) is 0 Å². The Labute approximate surface area is 132 Å². The van der Waals surface area contributed by atoms with Crippen LogP contribution in [0.15, 0.2) is 6.07 Å². The fourth-order valence-electron chi connectivity index (χ4n) is 3.08. The molecule has 0 atom stereocenters. The number of methoxy groups -OCH3 is 2. The third-order valence-electron chi connectivity index (χ3n) is 4.12. The van der Waals surface area contributed by atoms with Gasteiger partial charge in [-0.25, -0.2) is 8.42 Å². The van der Waals surface area contributed by atoms with Crippen molar-refractivity contribution in [3.63, 3.8) is 0 Å². The van der Waals surface area contributed by atoms with Crippen LogP contribution in [0.3, 0.4) is 0 Å². The molecular weight excluding hydrogens is 304 g/mol. The summed E-state index contributed by atoms with van der Waals surface area (Å²) in [5.74, 6) is 0.396. The van der Waals surface area contributed by atoms with Crippen LogP contribution in [0.5, 0.6) is 11.9 Å². The van der Waals surface area contributed by atoms with Gasteiger partial charge in [-0.1, -0.05) is 26.2 Å². The summed E-state index contributed by atoms with van der Waals surface area (Å²) in [5, 5.41) is 0. The zero-order chi connectivity index (χ0) is 16.2. The molecule has 1 aromatic heterocycles. The Morgan fingerprint density at radius 3 is 2.41 bits per heavy atom. The summed E-state index contributed by atoms with van der Waals surface area (Å²) >= 11 is 0. The number of hydrogen-bond donors (Lipinski definition) is 0. The summed E-state index contributed by atoms with van der Waals surface area (Å²) in [5.41, 5.74) is 0.293. The maximum Gasteiger partial charge on any atom is 0.319 e. The van der Waals surface area contributed by atoms with Crippen LogP contribution < -0.4 is 9.47 Å². The van der Waals surface area contributed by atoms with Gasteiger partial charge in [0.15, 0.2) is 9.84 Å². The van der Waals surface area contributed by atoms with Crippen LogP contribution in [0, 0.1) is 5.41 Å². The molecule has 0 spiro atoms. The first-order valence-corrected chi connectivity index (χ1v) is 9.34. The van der Waals surface area contributed by atoms with Gasteiger partial charge in [0, 0.05) is 6.07 Å².